The van der Waals surface area contributed by atoms with E-state index in [1.807, 2.05) is 12.1 Å². The SMILES string of the molecule is CC1CC(OCc2ccnc(CN)c2)CC(C)O1. The summed E-state index contributed by atoms with van der Waals surface area (Å²) in [5, 5.41) is 0. The Balaban J connectivity index is 1.86. The topological polar surface area (TPSA) is 57.4 Å². The molecule has 2 atom stereocenters. The quantitative estimate of drug-likeness (QED) is 0.888. The average molecular weight is 250 g/mol. The molecule has 0 bridgehead atoms. The zero-order valence-corrected chi connectivity index (χ0v) is 11.1. The maximum atomic E-state index is 5.96. The molecule has 1 aliphatic rings. The van der Waals surface area contributed by atoms with Crippen LogP contribution >= 0.6 is 0 Å². The van der Waals surface area contributed by atoms with Gasteiger partial charge in [0.2, 0.25) is 0 Å². The lowest BCUT2D eigenvalue weighted by molar-refractivity contribution is -0.106. The number of aromatic nitrogens is 1. The predicted octanol–water partition coefficient (Wildman–Crippen LogP) is 2.01. The average Bonchev–Trinajstić information content (AvgIpc) is 2.35. The van der Waals surface area contributed by atoms with Gasteiger partial charge in [-0.2, -0.15) is 0 Å². The molecular weight excluding hydrogens is 228 g/mol. The highest BCUT2D eigenvalue weighted by Gasteiger charge is 2.24. The highest BCUT2D eigenvalue weighted by atomic mass is 16.5. The molecule has 100 valence electrons. The van der Waals surface area contributed by atoms with Crippen molar-refractivity contribution in [2.24, 2.45) is 5.73 Å². The summed E-state index contributed by atoms with van der Waals surface area (Å²) in [7, 11) is 0. The van der Waals surface area contributed by atoms with E-state index in [-0.39, 0.29) is 12.2 Å². The van der Waals surface area contributed by atoms with Crippen molar-refractivity contribution in [3.63, 3.8) is 0 Å². The van der Waals surface area contributed by atoms with Crippen molar-refractivity contribution >= 4 is 0 Å². The van der Waals surface area contributed by atoms with Gasteiger partial charge in [-0.15, -0.1) is 0 Å². The predicted molar refractivity (Wildman–Crippen MR) is 69.9 cm³/mol. The molecule has 4 nitrogen and oxygen atoms in total. The molecule has 0 aromatic carbocycles. The molecule has 0 spiro atoms. The summed E-state index contributed by atoms with van der Waals surface area (Å²) in [4.78, 5) is 4.18. The van der Waals surface area contributed by atoms with Gasteiger partial charge >= 0.3 is 0 Å². The van der Waals surface area contributed by atoms with Gasteiger partial charge in [-0.25, -0.2) is 0 Å². The number of pyridine rings is 1. The fourth-order valence-electron chi connectivity index (χ4n) is 2.42. The molecule has 0 aliphatic carbocycles. The first kappa shape index (κ1) is 13.5. The molecule has 2 unspecified atom stereocenters. The molecule has 1 aromatic rings. The fraction of sp³-hybridized carbons (Fsp3) is 0.643. The number of ether oxygens (including phenoxy) is 2. The molecule has 1 fully saturated rings. The second-order valence-electron chi connectivity index (χ2n) is 5.02. The summed E-state index contributed by atoms with van der Waals surface area (Å²) in [6.45, 7) is 5.30. The molecule has 4 heteroatoms. The molecule has 18 heavy (non-hydrogen) atoms. The van der Waals surface area contributed by atoms with Crippen molar-refractivity contribution in [3.05, 3.63) is 29.6 Å². The van der Waals surface area contributed by atoms with Gasteiger partial charge < -0.3 is 15.2 Å². The zero-order valence-electron chi connectivity index (χ0n) is 11.1. The van der Waals surface area contributed by atoms with Crippen LogP contribution in [0.3, 0.4) is 0 Å². The molecule has 1 aromatic heterocycles. The minimum atomic E-state index is 0.288. The molecule has 0 saturated carbocycles. The van der Waals surface area contributed by atoms with Crippen molar-refractivity contribution in [1.82, 2.24) is 4.98 Å². The Bertz CT molecular complexity index is 374. The van der Waals surface area contributed by atoms with E-state index < -0.39 is 0 Å². The van der Waals surface area contributed by atoms with Crippen LogP contribution in [0.5, 0.6) is 0 Å². The molecule has 0 amide bonds. The van der Waals surface area contributed by atoms with Crippen LogP contribution in [0.15, 0.2) is 18.3 Å². The van der Waals surface area contributed by atoms with Gasteiger partial charge in [0.15, 0.2) is 0 Å². The summed E-state index contributed by atoms with van der Waals surface area (Å²) in [5.41, 5.74) is 7.62. The first-order valence-electron chi connectivity index (χ1n) is 6.58. The largest absolute Gasteiger partial charge is 0.375 e. The maximum Gasteiger partial charge on any atom is 0.0721 e. The smallest absolute Gasteiger partial charge is 0.0721 e. The number of rotatable bonds is 4. The van der Waals surface area contributed by atoms with Gasteiger partial charge in [-0.1, -0.05) is 0 Å². The first-order chi connectivity index (χ1) is 8.67. The lowest BCUT2D eigenvalue weighted by atomic mass is 10.0. The molecule has 1 aliphatic heterocycles. The summed E-state index contributed by atoms with van der Waals surface area (Å²) in [5.74, 6) is 0. The van der Waals surface area contributed by atoms with Crippen LogP contribution in [-0.4, -0.2) is 23.3 Å². The Hall–Kier alpha value is -0.970. The third-order valence-electron chi connectivity index (χ3n) is 3.23. The van der Waals surface area contributed by atoms with Crippen LogP contribution in [0.25, 0.3) is 0 Å². The fourth-order valence-corrected chi connectivity index (χ4v) is 2.42. The van der Waals surface area contributed by atoms with Crippen LogP contribution < -0.4 is 5.73 Å². The van der Waals surface area contributed by atoms with Crippen molar-refractivity contribution in [1.29, 1.82) is 0 Å². The molecule has 1 saturated heterocycles. The van der Waals surface area contributed by atoms with Gasteiger partial charge in [-0.05, 0) is 44.4 Å². The number of hydrogen-bond donors (Lipinski definition) is 1. The van der Waals surface area contributed by atoms with Crippen LogP contribution in [0, 0.1) is 0 Å². The third kappa shape index (κ3) is 3.77. The van der Waals surface area contributed by atoms with E-state index in [2.05, 4.69) is 18.8 Å². The normalized spacial score (nSPS) is 28.3. The molecule has 0 radical (unpaired) electrons. The van der Waals surface area contributed by atoms with Crippen molar-refractivity contribution in [2.75, 3.05) is 0 Å². The van der Waals surface area contributed by atoms with Crippen molar-refractivity contribution in [3.8, 4) is 0 Å². The Kier molecular flexibility index (Phi) is 4.69. The van der Waals surface area contributed by atoms with Gasteiger partial charge in [-0.3, -0.25) is 4.98 Å². The van der Waals surface area contributed by atoms with E-state index in [0.717, 1.165) is 24.1 Å². The van der Waals surface area contributed by atoms with E-state index in [4.69, 9.17) is 15.2 Å². The first-order valence-corrected chi connectivity index (χ1v) is 6.58. The van der Waals surface area contributed by atoms with E-state index in [0.29, 0.717) is 19.3 Å². The van der Waals surface area contributed by atoms with Gasteiger partial charge in [0, 0.05) is 12.7 Å². The van der Waals surface area contributed by atoms with Gasteiger partial charge in [0.1, 0.15) is 0 Å². The second-order valence-corrected chi connectivity index (χ2v) is 5.02. The highest BCUT2D eigenvalue weighted by Crippen LogP contribution is 2.22. The van der Waals surface area contributed by atoms with E-state index in [1.54, 1.807) is 6.20 Å². The monoisotopic (exact) mass is 250 g/mol. The Morgan fingerprint density at radius 3 is 2.78 bits per heavy atom. The lowest BCUT2D eigenvalue weighted by Gasteiger charge is -2.32. The molecule has 2 rings (SSSR count). The maximum absolute atomic E-state index is 5.96. The summed E-state index contributed by atoms with van der Waals surface area (Å²) >= 11 is 0. The number of nitrogens with two attached hydrogens (primary N) is 1. The zero-order chi connectivity index (χ0) is 13.0. The molecule has 2 heterocycles. The minimum Gasteiger partial charge on any atom is -0.375 e. The van der Waals surface area contributed by atoms with Crippen molar-refractivity contribution < 1.29 is 9.47 Å². The van der Waals surface area contributed by atoms with Gasteiger partial charge in [0.05, 0.1) is 30.6 Å². The summed E-state index contributed by atoms with van der Waals surface area (Å²) in [6.07, 6.45) is 4.60. The Labute approximate surface area is 108 Å². The summed E-state index contributed by atoms with van der Waals surface area (Å²) < 4.78 is 11.7. The minimum absolute atomic E-state index is 0.288. The van der Waals surface area contributed by atoms with Crippen LogP contribution in [0.4, 0.5) is 0 Å². The molecule has 2 N–H and O–H groups in total. The van der Waals surface area contributed by atoms with Crippen LogP contribution in [0.1, 0.15) is 37.9 Å². The Morgan fingerprint density at radius 2 is 2.11 bits per heavy atom. The van der Waals surface area contributed by atoms with Gasteiger partial charge in [0.25, 0.3) is 0 Å². The number of hydrogen-bond acceptors (Lipinski definition) is 4. The standard InChI is InChI=1S/C14H22N2O2/c1-10-5-14(6-11(2)18-10)17-9-12-3-4-16-13(7-12)8-15/h3-4,7,10-11,14H,5-6,8-9,15H2,1-2H3. The van der Waals surface area contributed by atoms with E-state index >= 15 is 0 Å². The van der Waals surface area contributed by atoms with Crippen LogP contribution in [0.2, 0.25) is 0 Å². The third-order valence-corrected chi connectivity index (χ3v) is 3.23. The Morgan fingerprint density at radius 1 is 1.39 bits per heavy atom. The lowest BCUT2D eigenvalue weighted by Crippen LogP contribution is -2.34. The van der Waals surface area contributed by atoms with E-state index in [1.165, 1.54) is 0 Å². The summed E-state index contributed by atoms with van der Waals surface area (Å²) in [6, 6.07) is 3.98. The highest BCUT2D eigenvalue weighted by molar-refractivity contribution is 5.15. The van der Waals surface area contributed by atoms with Crippen LogP contribution in [-0.2, 0) is 22.6 Å². The number of nitrogens with zero attached hydrogens (tertiary/aromatic N) is 1. The molecular formula is C14H22N2O2. The second kappa shape index (κ2) is 6.27. The van der Waals surface area contributed by atoms with E-state index in [9.17, 15) is 0 Å². The van der Waals surface area contributed by atoms with Crippen molar-refractivity contribution in [2.45, 2.75) is 58.2 Å².